The molecule has 0 atom stereocenters. The summed E-state index contributed by atoms with van der Waals surface area (Å²) >= 11 is 1.36. The van der Waals surface area contributed by atoms with Gasteiger partial charge in [0.05, 0.1) is 10.5 Å². The van der Waals surface area contributed by atoms with Crippen molar-refractivity contribution in [3.8, 4) is 0 Å². The molecule has 1 amide bonds. The van der Waals surface area contributed by atoms with Gasteiger partial charge in [-0.15, -0.1) is 0 Å². The fourth-order valence-electron chi connectivity index (χ4n) is 2.23. The van der Waals surface area contributed by atoms with Gasteiger partial charge in [0.15, 0.2) is 5.82 Å². The van der Waals surface area contributed by atoms with E-state index in [-0.39, 0.29) is 10.8 Å². The summed E-state index contributed by atoms with van der Waals surface area (Å²) in [5, 5.41) is 12.0. The number of aryl methyl sites for hydroxylation is 1. The molecule has 0 bridgehead atoms. The summed E-state index contributed by atoms with van der Waals surface area (Å²) in [6.45, 7) is 0. The van der Waals surface area contributed by atoms with Crippen LogP contribution in [0.25, 0.3) is 0 Å². The molecule has 0 aliphatic heterocycles. The normalized spacial score (nSPS) is 11.3. The molecule has 0 saturated carbocycles. The highest BCUT2D eigenvalue weighted by atomic mass is 32.2. The monoisotopic (exact) mass is 388 g/mol. The van der Waals surface area contributed by atoms with E-state index in [1.165, 1.54) is 23.9 Å². The van der Waals surface area contributed by atoms with Gasteiger partial charge in [-0.25, -0.2) is 13.6 Å². The fourth-order valence-corrected chi connectivity index (χ4v) is 3.69. The standard InChI is InChI=1S/C17H16N4O3S2/c1-21-11-10-16(20-21)19-17(22)14-4-2-3-5-15(14)25-12-6-8-13(9-7-12)26(18,23)24/h2-11H,1H3,(H2,18,23,24)(H,19,20,22). The Balaban J connectivity index is 1.82. The number of hydrogen-bond acceptors (Lipinski definition) is 5. The number of nitrogens with two attached hydrogens (primary N) is 1. The minimum Gasteiger partial charge on any atom is -0.305 e. The first-order valence-corrected chi connectivity index (χ1v) is 9.90. The summed E-state index contributed by atoms with van der Waals surface area (Å²) in [6, 6.07) is 15.0. The smallest absolute Gasteiger partial charge is 0.258 e. The molecule has 1 aromatic heterocycles. The molecule has 7 nitrogen and oxygen atoms in total. The fraction of sp³-hybridized carbons (Fsp3) is 0.0588. The molecule has 26 heavy (non-hydrogen) atoms. The van der Waals surface area contributed by atoms with Crippen LogP contribution in [0.1, 0.15) is 10.4 Å². The molecule has 0 saturated heterocycles. The van der Waals surface area contributed by atoms with Crippen molar-refractivity contribution in [2.24, 2.45) is 12.2 Å². The van der Waals surface area contributed by atoms with Gasteiger partial charge in [-0.3, -0.25) is 9.48 Å². The third-order valence-electron chi connectivity index (χ3n) is 3.47. The van der Waals surface area contributed by atoms with Crippen LogP contribution >= 0.6 is 11.8 Å². The van der Waals surface area contributed by atoms with E-state index in [0.29, 0.717) is 11.4 Å². The lowest BCUT2D eigenvalue weighted by atomic mass is 10.2. The third-order valence-corrected chi connectivity index (χ3v) is 5.48. The van der Waals surface area contributed by atoms with Crippen molar-refractivity contribution < 1.29 is 13.2 Å². The van der Waals surface area contributed by atoms with Crippen LogP contribution in [0.3, 0.4) is 0 Å². The first-order valence-electron chi connectivity index (χ1n) is 7.54. The Kier molecular flexibility index (Phi) is 5.12. The average Bonchev–Trinajstić information content (AvgIpc) is 3.00. The second kappa shape index (κ2) is 7.32. The third kappa shape index (κ3) is 4.31. The molecular weight excluding hydrogens is 372 g/mol. The van der Waals surface area contributed by atoms with E-state index in [9.17, 15) is 13.2 Å². The zero-order valence-electron chi connectivity index (χ0n) is 13.8. The molecule has 0 fully saturated rings. The largest absolute Gasteiger partial charge is 0.305 e. The lowest BCUT2D eigenvalue weighted by Crippen LogP contribution is -2.13. The van der Waals surface area contributed by atoms with Gasteiger partial charge < -0.3 is 5.32 Å². The quantitative estimate of drug-likeness (QED) is 0.698. The Labute approximate surface area is 155 Å². The maximum atomic E-state index is 12.6. The first-order chi connectivity index (χ1) is 12.3. The molecule has 0 radical (unpaired) electrons. The van der Waals surface area contributed by atoms with Crippen LogP contribution in [0.4, 0.5) is 5.82 Å². The summed E-state index contributed by atoms with van der Waals surface area (Å²) < 4.78 is 24.3. The first kappa shape index (κ1) is 18.2. The molecule has 0 aliphatic rings. The number of sulfonamides is 1. The van der Waals surface area contributed by atoms with Gasteiger partial charge in [-0.2, -0.15) is 5.10 Å². The molecule has 3 N–H and O–H groups in total. The number of nitrogens with zero attached hydrogens (tertiary/aromatic N) is 2. The topological polar surface area (TPSA) is 107 Å². The van der Waals surface area contributed by atoms with Crippen molar-refractivity contribution in [3.05, 3.63) is 66.4 Å². The number of carbonyl (C=O) groups excluding carboxylic acids is 1. The molecule has 0 spiro atoms. The van der Waals surface area contributed by atoms with Gasteiger partial charge in [0.2, 0.25) is 10.0 Å². The van der Waals surface area contributed by atoms with E-state index in [4.69, 9.17) is 5.14 Å². The predicted molar refractivity (Wildman–Crippen MR) is 99.5 cm³/mol. The van der Waals surface area contributed by atoms with Crippen molar-refractivity contribution >= 4 is 33.5 Å². The van der Waals surface area contributed by atoms with Crippen molar-refractivity contribution in [2.75, 3.05) is 5.32 Å². The predicted octanol–water partition coefficient (Wildman–Crippen LogP) is 2.47. The second-order valence-electron chi connectivity index (χ2n) is 5.44. The van der Waals surface area contributed by atoms with Crippen molar-refractivity contribution in [2.45, 2.75) is 14.7 Å². The maximum absolute atomic E-state index is 12.6. The van der Waals surface area contributed by atoms with E-state index in [0.717, 1.165) is 9.79 Å². The van der Waals surface area contributed by atoms with Crippen LogP contribution in [-0.4, -0.2) is 24.1 Å². The summed E-state index contributed by atoms with van der Waals surface area (Å²) in [6.07, 6.45) is 1.74. The molecular formula is C17H16N4O3S2. The molecule has 2 aromatic carbocycles. The Hall–Kier alpha value is -2.62. The highest BCUT2D eigenvalue weighted by Gasteiger charge is 2.14. The molecule has 3 aromatic rings. The Morgan fingerprint density at radius 1 is 1.12 bits per heavy atom. The van der Waals surface area contributed by atoms with Crippen LogP contribution < -0.4 is 10.5 Å². The number of nitrogens with one attached hydrogen (secondary N) is 1. The van der Waals surface area contributed by atoms with Crippen molar-refractivity contribution in [1.29, 1.82) is 0 Å². The van der Waals surface area contributed by atoms with Crippen LogP contribution in [-0.2, 0) is 17.1 Å². The number of carbonyl (C=O) groups is 1. The minimum absolute atomic E-state index is 0.0445. The van der Waals surface area contributed by atoms with E-state index >= 15 is 0 Å². The van der Waals surface area contributed by atoms with E-state index in [2.05, 4.69) is 10.4 Å². The molecule has 9 heteroatoms. The molecule has 0 unspecified atom stereocenters. The average molecular weight is 388 g/mol. The van der Waals surface area contributed by atoms with Gasteiger partial charge in [0.25, 0.3) is 5.91 Å². The summed E-state index contributed by atoms with van der Waals surface area (Å²) in [7, 11) is -1.96. The van der Waals surface area contributed by atoms with Crippen LogP contribution in [0.2, 0.25) is 0 Å². The van der Waals surface area contributed by atoms with Crippen LogP contribution in [0.15, 0.2) is 75.5 Å². The maximum Gasteiger partial charge on any atom is 0.258 e. The summed E-state index contributed by atoms with van der Waals surface area (Å²) in [5.41, 5.74) is 0.499. The number of rotatable bonds is 5. The highest BCUT2D eigenvalue weighted by Crippen LogP contribution is 2.31. The minimum atomic E-state index is -3.73. The summed E-state index contributed by atoms with van der Waals surface area (Å²) in [4.78, 5) is 14.1. The number of hydrogen-bond donors (Lipinski definition) is 2. The zero-order valence-corrected chi connectivity index (χ0v) is 15.4. The number of benzene rings is 2. The lowest BCUT2D eigenvalue weighted by molar-refractivity contribution is 0.102. The van der Waals surface area contributed by atoms with Gasteiger partial charge in [0.1, 0.15) is 0 Å². The zero-order chi connectivity index (χ0) is 18.7. The van der Waals surface area contributed by atoms with Gasteiger partial charge >= 0.3 is 0 Å². The Morgan fingerprint density at radius 3 is 2.42 bits per heavy atom. The lowest BCUT2D eigenvalue weighted by Gasteiger charge is -2.09. The van der Waals surface area contributed by atoms with Gasteiger partial charge in [0, 0.05) is 29.1 Å². The van der Waals surface area contributed by atoms with Crippen molar-refractivity contribution in [3.63, 3.8) is 0 Å². The SMILES string of the molecule is Cn1ccc(NC(=O)c2ccccc2Sc2ccc(S(N)(=O)=O)cc2)n1. The van der Waals surface area contributed by atoms with Gasteiger partial charge in [-0.1, -0.05) is 23.9 Å². The number of anilines is 1. The van der Waals surface area contributed by atoms with Crippen molar-refractivity contribution in [1.82, 2.24) is 9.78 Å². The van der Waals surface area contributed by atoms with Crippen LogP contribution in [0, 0.1) is 0 Å². The Bertz CT molecular complexity index is 1040. The number of amides is 1. The number of primary sulfonamides is 1. The number of aromatic nitrogens is 2. The van der Waals surface area contributed by atoms with E-state index in [1.807, 2.05) is 12.1 Å². The Morgan fingerprint density at radius 2 is 1.81 bits per heavy atom. The molecule has 1 heterocycles. The molecule has 3 rings (SSSR count). The second-order valence-corrected chi connectivity index (χ2v) is 8.12. The summed E-state index contributed by atoms with van der Waals surface area (Å²) in [5.74, 6) is 0.197. The van der Waals surface area contributed by atoms with Gasteiger partial charge in [-0.05, 0) is 36.4 Å². The van der Waals surface area contributed by atoms with E-state index in [1.54, 1.807) is 48.3 Å². The van der Waals surface area contributed by atoms with Crippen LogP contribution in [0.5, 0.6) is 0 Å². The molecule has 0 aliphatic carbocycles. The highest BCUT2D eigenvalue weighted by molar-refractivity contribution is 7.99. The molecule has 134 valence electrons. The van der Waals surface area contributed by atoms with E-state index < -0.39 is 10.0 Å².